The van der Waals surface area contributed by atoms with E-state index in [-0.39, 0.29) is 5.75 Å². The lowest BCUT2D eigenvalue weighted by Crippen LogP contribution is -2.60. The highest BCUT2D eigenvalue weighted by Crippen LogP contribution is 2.47. The van der Waals surface area contributed by atoms with E-state index in [1.165, 1.54) is 16.8 Å². The largest absolute Gasteiger partial charge is 0.508 e. The molecule has 0 fully saturated rings. The van der Waals surface area contributed by atoms with E-state index in [9.17, 15) is 19.8 Å². The number of aromatic hydroxyl groups is 1. The van der Waals surface area contributed by atoms with Gasteiger partial charge in [-0.1, -0.05) is 12.8 Å². The van der Waals surface area contributed by atoms with Gasteiger partial charge >= 0.3 is 0 Å². The van der Waals surface area contributed by atoms with Crippen LogP contribution in [0.3, 0.4) is 0 Å². The smallest absolute Gasteiger partial charge is 0.260 e. The van der Waals surface area contributed by atoms with Gasteiger partial charge in [0, 0.05) is 23.4 Å². The first-order valence-electron chi connectivity index (χ1n) is 7.99. The summed E-state index contributed by atoms with van der Waals surface area (Å²) in [5, 5.41) is 20.8. The molecule has 138 valence electrons. The lowest BCUT2D eigenvalue weighted by molar-refractivity contribution is -0.139. The van der Waals surface area contributed by atoms with Gasteiger partial charge in [-0.3, -0.25) is 14.3 Å². The molecule has 7 nitrogen and oxygen atoms in total. The summed E-state index contributed by atoms with van der Waals surface area (Å²) in [5.74, 6) is -0.125. The molecular formula is C18H20N2O5S. The lowest BCUT2D eigenvalue weighted by atomic mass is 9.75. The van der Waals surface area contributed by atoms with Crippen LogP contribution < -0.4 is 15.0 Å². The number of amides is 1. The number of hydrogen-bond donors (Lipinski definition) is 4. The number of aliphatic hydroxyl groups is 1. The number of nitrogens with zero attached hydrogens (tertiary/aromatic N) is 1. The van der Waals surface area contributed by atoms with Crippen LogP contribution in [0, 0.1) is 0 Å². The van der Waals surface area contributed by atoms with E-state index in [0.29, 0.717) is 16.9 Å². The van der Waals surface area contributed by atoms with Gasteiger partial charge in [-0.05, 0) is 45.0 Å². The maximum absolute atomic E-state index is 12.5. The minimum atomic E-state index is -1.49. The number of carbonyl (C=O) groups is 1. The van der Waals surface area contributed by atoms with Crippen LogP contribution in [0.1, 0.15) is 42.7 Å². The van der Waals surface area contributed by atoms with Crippen molar-refractivity contribution >= 4 is 18.7 Å². The molecule has 0 aliphatic carbocycles. The minimum absolute atomic E-state index is 0.166. The summed E-state index contributed by atoms with van der Waals surface area (Å²) in [6.07, 6.45) is 1.41. The molecule has 1 amide bonds. The van der Waals surface area contributed by atoms with Crippen molar-refractivity contribution in [3.63, 3.8) is 0 Å². The zero-order valence-electron chi connectivity index (χ0n) is 14.6. The standard InChI is InChI=1S/C18H20N2O5S/c1-17(2)18(3,24)15(20-7-6-11(21)9-14(20)22)12-8-10(16(23)19-26)4-5-13(12)25-17/h4-9,15,21,24,26H,1-3H3,(H,19,23). The highest BCUT2D eigenvalue weighted by atomic mass is 32.1. The average Bonchev–Trinajstić information content (AvgIpc) is 2.56. The maximum atomic E-state index is 12.5. The number of thiol groups is 1. The van der Waals surface area contributed by atoms with Crippen LogP contribution in [0.15, 0.2) is 41.3 Å². The molecule has 1 aromatic heterocycles. The van der Waals surface area contributed by atoms with Gasteiger partial charge < -0.3 is 19.5 Å². The van der Waals surface area contributed by atoms with Crippen molar-refractivity contribution in [3.05, 3.63) is 58.0 Å². The van der Waals surface area contributed by atoms with Crippen molar-refractivity contribution in [2.45, 2.75) is 38.0 Å². The van der Waals surface area contributed by atoms with E-state index >= 15 is 0 Å². The maximum Gasteiger partial charge on any atom is 0.260 e. The van der Waals surface area contributed by atoms with Crippen molar-refractivity contribution < 1.29 is 19.7 Å². The summed E-state index contributed by atoms with van der Waals surface area (Å²) in [6, 6.07) is 6.38. The second-order valence-electron chi connectivity index (χ2n) is 6.99. The molecule has 1 aliphatic rings. The Morgan fingerprint density at radius 1 is 1.27 bits per heavy atom. The quantitative estimate of drug-likeness (QED) is 0.597. The summed E-state index contributed by atoms with van der Waals surface area (Å²) < 4.78 is 9.53. The first kappa shape index (κ1) is 18.3. The molecule has 2 unspecified atom stereocenters. The molecule has 3 rings (SSSR count). The van der Waals surface area contributed by atoms with Crippen molar-refractivity contribution in [2.75, 3.05) is 0 Å². The zero-order valence-corrected chi connectivity index (χ0v) is 15.4. The van der Waals surface area contributed by atoms with Crippen LogP contribution >= 0.6 is 12.8 Å². The monoisotopic (exact) mass is 376 g/mol. The van der Waals surface area contributed by atoms with E-state index < -0.39 is 28.7 Å². The third-order valence-corrected chi connectivity index (χ3v) is 5.20. The molecule has 0 saturated heterocycles. The molecule has 3 N–H and O–H groups in total. The van der Waals surface area contributed by atoms with E-state index in [2.05, 4.69) is 17.5 Å². The molecule has 2 aromatic rings. The van der Waals surface area contributed by atoms with Gasteiger partial charge in [-0.2, -0.15) is 0 Å². The summed E-state index contributed by atoms with van der Waals surface area (Å²) in [4.78, 5) is 24.4. The third-order valence-electron chi connectivity index (χ3n) is 4.99. The molecule has 1 aromatic carbocycles. The highest BCUT2D eigenvalue weighted by molar-refractivity contribution is 7.78. The average molecular weight is 376 g/mol. The van der Waals surface area contributed by atoms with Gasteiger partial charge in [0.15, 0.2) is 0 Å². The van der Waals surface area contributed by atoms with Crippen LogP contribution in [0.4, 0.5) is 0 Å². The number of hydrogen-bond acceptors (Lipinski definition) is 6. The van der Waals surface area contributed by atoms with Crippen LogP contribution in [0.5, 0.6) is 11.5 Å². The van der Waals surface area contributed by atoms with E-state index in [1.807, 2.05) is 0 Å². The minimum Gasteiger partial charge on any atom is -0.508 e. The fourth-order valence-corrected chi connectivity index (χ4v) is 3.31. The van der Waals surface area contributed by atoms with Crippen LogP contribution in [0.2, 0.25) is 0 Å². The van der Waals surface area contributed by atoms with Crippen LogP contribution in [-0.4, -0.2) is 31.9 Å². The Morgan fingerprint density at radius 3 is 2.58 bits per heavy atom. The predicted octanol–water partition coefficient (Wildman–Crippen LogP) is 1.64. The number of rotatable bonds is 2. The molecule has 0 bridgehead atoms. The summed E-state index contributed by atoms with van der Waals surface area (Å²) in [5.41, 5.74) is -2.19. The number of carbonyl (C=O) groups excluding carboxylic acids is 1. The van der Waals surface area contributed by atoms with Crippen molar-refractivity contribution in [1.29, 1.82) is 0 Å². The zero-order chi connectivity index (χ0) is 19.3. The van der Waals surface area contributed by atoms with Crippen molar-refractivity contribution in [3.8, 4) is 11.5 Å². The summed E-state index contributed by atoms with van der Waals surface area (Å²) in [6.45, 7) is 5.02. The SMILES string of the molecule is CC1(C)Oc2ccc(C(=O)NS)cc2C(n2ccc(O)cc2=O)C1(C)O. The molecule has 0 saturated carbocycles. The Balaban J connectivity index is 2.29. The second-order valence-corrected chi connectivity index (χ2v) is 7.21. The fourth-order valence-electron chi connectivity index (χ4n) is 3.18. The number of benzene rings is 1. The Morgan fingerprint density at radius 2 is 1.96 bits per heavy atom. The predicted molar refractivity (Wildman–Crippen MR) is 98.7 cm³/mol. The molecule has 8 heteroatoms. The normalized spacial score (nSPS) is 23.7. The molecule has 2 heterocycles. The first-order valence-corrected chi connectivity index (χ1v) is 8.44. The van der Waals surface area contributed by atoms with E-state index in [4.69, 9.17) is 4.74 Å². The Bertz CT molecular complexity index is 935. The highest BCUT2D eigenvalue weighted by Gasteiger charge is 2.53. The Kier molecular flexibility index (Phi) is 4.28. The van der Waals surface area contributed by atoms with Crippen LogP contribution in [0.25, 0.3) is 0 Å². The molecule has 1 aliphatic heterocycles. The second kappa shape index (κ2) is 6.07. The van der Waals surface area contributed by atoms with Gasteiger partial charge in [-0.25, -0.2) is 0 Å². The fraction of sp³-hybridized carbons (Fsp3) is 0.333. The van der Waals surface area contributed by atoms with Gasteiger partial charge in [0.1, 0.15) is 22.7 Å². The lowest BCUT2D eigenvalue weighted by Gasteiger charge is -2.50. The van der Waals surface area contributed by atoms with E-state index in [0.717, 1.165) is 6.07 Å². The number of aromatic nitrogens is 1. The summed E-state index contributed by atoms with van der Waals surface area (Å²) >= 11 is 3.77. The van der Waals surface area contributed by atoms with Crippen molar-refractivity contribution in [2.24, 2.45) is 0 Å². The molecule has 26 heavy (non-hydrogen) atoms. The Hall–Kier alpha value is -2.45. The number of ether oxygens (including phenoxy) is 1. The number of nitrogens with one attached hydrogen (secondary N) is 1. The molecular weight excluding hydrogens is 356 g/mol. The van der Waals surface area contributed by atoms with Crippen molar-refractivity contribution in [1.82, 2.24) is 9.29 Å². The van der Waals surface area contributed by atoms with Gasteiger partial charge in [0.2, 0.25) is 0 Å². The van der Waals surface area contributed by atoms with Gasteiger partial charge in [0.25, 0.3) is 11.5 Å². The number of fused-ring (bicyclic) bond motifs is 1. The molecule has 2 atom stereocenters. The van der Waals surface area contributed by atoms with Crippen LogP contribution in [-0.2, 0) is 0 Å². The van der Waals surface area contributed by atoms with Gasteiger partial charge in [-0.15, -0.1) is 0 Å². The Labute approximate surface area is 155 Å². The number of pyridine rings is 1. The summed E-state index contributed by atoms with van der Waals surface area (Å²) in [7, 11) is 0. The van der Waals surface area contributed by atoms with Gasteiger partial charge in [0.05, 0.1) is 6.04 Å². The van der Waals surface area contributed by atoms with E-state index in [1.54, 1.807) is 39.0 Å². The molecule has 0 radical (unpaired) electrons. The topological polar surface area (TPSA) is 101 Å². The third kappa shape index (κ3) is 2.75. The first-order chi connectivity index (χ1) is 12.1. The molecule has 0 spiro atoms.